The van der Waals surface area contributed by atoms with Crippen molar-refractivity contribution in [3.05, 3.63) is 55.9 Å². The smallest absolute Gasteiger partial charge is 0.251 e. The van der Waals surface area contributed by atoms with Gasteiger partial charge >= 0.3 is 0 Å². The lowest BCUT2D eigenvalue weighted by Gasteiger charge is -2.07. The van der Waals surface area contributed by atoms with E-state index in [1.54, 1.807) is 12.1 Å². The first-order valence-corrected chi connectivity index (χ1v) is 5.55. The first-order valence-electron chi connectivity index (χ1n) is 4.35. The molecule has 1 N–H and O–H groups in total. The first kappa shape index (κ1) is 11.2. The van der Waals surface area contributed by atoms with Crippen LogP contribution in [0.3, 0.4) is 0 Å². The van der Waals surface area contributed by atoms with Crippen LogP contribution in [-0.2, 0) is 0 Å². The van der Waals surface area contributed by atoms with Crippen LogP contribution in [0.25, 0.3) is 5.69 Å². The molecule has 1 aromatic carbocycles. The van der Waals surface area contributed by atoms with Gasteiger partial charge in [0.25, 0.3) is 5.56 Å². The minimum Gasteiger partial charge on any atom is -0.299 e. The van der Waals surface area contributed by atoms with Crippen molar-refractivity contribution in [1.29, 1.82) is 0 Å². The number of hydrogen-bond donors (Lipinski definition) is 1. The third-order valence-electron chi connectivity index (χ3n) is 1.99. The summed E-state index contributed by atoms with van der Waals surface area (Å²) in [6, 6.07) is 5.90. The topological polar surface area (TPSA) is 37.8 Å². The van der Waals surface area contributed by atoms with Crippen LogP contribution in [0.15, 0.2) is 39.7 Å². The lowest BCUT2D eigenvalue weighted by molar-refractivity contribution is 0.615. The van der Waals surface area contributed by atoms with Gasteiger partial charge in [-0.3, -0.25) is 14.3 Å². The van der Waals surface area contributed by atoms with Gasteiger partial charge in [-0.2, -0.15) is 0 Å². The van der Waals surface area contributed by atoms with Crippen LogP contribution in [0.1, 0.15) is 0 Å². The minimum atomic E-state index is -0.419. The third-order valence-corrected chi connectivity index (χ3v) is 2.79. The normalized spacial score (nSPS) is 10.4. The fourth-order valence-corrected chi connectivity index (χ4v) is 1.88. The lowest BCUT2D eigenvalue weighted by atomic mass is 10.3. The number of rotatable bonds is 1. The van der Waals surface area contributed by atoms with Gasteiger partial charge in [-0.15, -0.1) is 0 Å². The summed E-state index contributed by atoms with van der Waals surface area (Å²) in [6.07, 6.45) is 1.44. The summed E-state index contributed by atoms with van der Waals surface area (Å²) in [6.45, 7) is 0. The van der Waals surface area contributed by atoms with Crippen LogP contribution in [-0.4, -0.2) is 9.55 Å². The fourth-order valence-electron chi connectivity index (χ4n) is 1.28. The Hall–Kier alpha value is -1.27. The summed E-state index contributed by atoms with van der Waals surface area (Å²) in [5, 5.41) is 0. The van der Waals surface area contributed by atoms with Gasteiger partial charge in [-0.05, 0) is 30.4 Å². The zero-order valence-electron chi connectivity index (χ0n) is 7.91. The summed E-state index contributed by atoms with van der Waals surface area (Å²) in [7, 11) is 0. The second-order valence-corrected chi connectivity index (χ2v) is 4.38. The summed E-state index contributed by atoms with van der Waals surface area (Å²) in [4.78, 5) is 13.4. The highest BCUT2D eigenvalue weighted by molar-refractivity contribution is 9.10. The maximum atomic E-state index is 13.6. The number of aromatic amines is 1. The molecule has 0 aliphatic carbocycles. The predicted octanol–water partition coefficient (Wildman–Crippen LogP) is 2.80. The molecule has 3 nitrogen and oxygen atoms in total. The molecule has 1 aromatic heterocycles. The van der Waals surface area contributed by atoms with E-state index in [0.29, 0.717) is 10.2 Å². The number of nitrogens with zero attached hydrogens (tertiary/aromatic N) is 1. The molecule has 0 saturated carbocycles. The van der Waals surface area contributed by atoms with E-state index in [9.17, 15) is 9.18 Å². The number of halogens is 2. The van der Waals surface area contributed by atoms with Crippen molar-refractivity contribution in [2.45, 2.75) is 0 Å². The Balaban J connectivity index is 2.68. The Kier molecular flexibility index (Phi) is 3.02. The molecule has 0 bridgehead atoms. The first-order chi connectivity index (χ1) is 7.58. The number of hydrogen-bond acceptors (Lipinski definition) is 2. The van der Waals surface area contributed by atoms with E-state index in [1.807, 2.05) is 0 Å². The molecular formula is C10H6BrFN2OS. The number of H-pyrrole nitrogens is 1. The molecule has 2 rings (SSSR count). The standard InChI is InChI=1S/C10H6BrFN2OS/c11-6-1-2-8(7(12)5-6)14-4-3-9(15)13-10(14)16/h1-5H,(H,13,15,16). The maximum absolute atomic E-state index is 13.6. The van der Waals surface area contributed by atoms with Crippen LogP contribution in [0.5, 0.6) is 0 Å². The van der Waals surface area contributed by atoms with Crippen LogP contribution in [0.2, 0.25) is 0 Å². The molecule has 0 fully saturated rings. The Morgan fingerprint density at radius 1 is 1.38 bits per heavy atom. The van der Waals surface area contributed by atoms with E-state index in [2.05, 4.69) is 20.9 Å². The van der Waals surface area contributed by atoms with E-state index in [-0.39, 0.29) is 10.3 Å². The van der Waals surface area contributed by atoms with Crippen LogP contribution in [0, 0.1) is 10.6 Å². The third kappa shape index (κ3) is 2.12. The van der Waals surface area contributed by atoms with E-state index in [0.717, 1.165) is 0 Å². The van der Waals surface area contributed by atoms with Crippen LogP contribution < -0.4 is 5.56 Å². The molecule has 1 heterocycles. The van der Waals surface area contributed by atoms with Gasteiger partial charge in [0, 0.05) is 16.7 Å². The van der Waals surface area contributed by atoms with E-state index < -0.39 is 5.82 Å². The maximum Gasteiger partial charge on any atom is 0.251 e. The number of nitrogens with one attached hydrogen (secondary N) is 1. The van der Waals surface area contributed by atoms with Crippen LogP contribution in [0.4, 0.5) is 4.39 Å². The van der Waals surface area contributed by atoms with Gasteiger partial charge in [0.15, 0.2) is 4.77 Å². The second kappa shape index (κ2) is 4.31. The van der Waals surface area contributed by atoms with Crippen molar-refractivity contribution < 1.29 is 4.39 Å². The Bertz CT molecular complexity index is 650. The van der Waals surface area contributed by atoms with E-state index in [1.165, 1.54) is 22.9 Å². The number of aromatic nitrogens is 2. The van der Waals surface area contributed by atoms with Crippen molar-refractivity contribution in [2.24, 2.45) is 0 Å². The molecule has 0 spiro atoms. The molecular weight excluding hydrogens is 295 g/mol. The highest BCUT2D eigenvalue weighted by Gasteiger charge is 2.05. The van der Waals surface area contributed by atoms with Crippen molar-refractivity contribution in [2.75, 3.05) is 0 Å². The Labute approximate surface area is 104 Å². The quantitative estimate of drug-likeness (QED) is 0.823. The molecule has 0 unspecified atom stereocenters. The molecule has 16 heavy (non-hydrogen) atoms. The predicted molar refractivity (Wildman–Crippen MR) is 64.9 cm³/mol. The second-order valence-electron chi connectivity index (χ2n) is 3.08. The van der Waals surface area contributed by atoms with E-state index in [4.69, 9.17) is 12.2 Å². The average Bonchev–Trinajstić information content (AvgIpc) is 2.19. The molecule has 0 amide bonds. The summed E-state index contributed by atoms with van der Waals surface area (Å²) < 4.78 is 15.8. The van der Waals surface area contributed by atoms with Crippen molar-refractivity contribution in [3.8, 4) is 5.69 Å². The molecule has 0 aliphatic rings. The van der Waals surface area contributed by atoms with Gasteiger partial charge in [0.2, 0.25) is 0 Å². The highest BCUT2D eigenvalue weighted by Crippen LogP contribution is 2.18. The number of benzene rings is 1. The van der Waals surface area contributed by atoms with Crippen molar-refractivity contribution in [1.82, 2.24) is 9.55 Å². The SMILES string of the molecule is O=c1ccn(-c2ccc(Br)cc2F)c(=S)[nH]1. The molecule has 82 valence electrons. The molecule has 2 aromatic rings. The van der Waals surface area contributed by atoms with Crippen molar-refractivity contribution >= 4 is 28.1 Å². The zero-order chi connectivity index (χ0) is 11.7. The van der Waals surface area contributed by atoms with Gasteiger partial charge in [-0.25, -0.2) is 4.39 Å². The van der Waals surface area contributed by atoms with Gasteiger partial charge < -0.3 is 0 Å². The molecule has 0 saturated heterocycles. The van der Waals surface area contributed by atoms with Crippen LogP contribution >= 0.6 is 28.1 Å². The molecule has 0 radical (unpaired) electrons. The van der Waals surface area contributed by atoms with Gasteiger partial charge in [0.05, 0.1) is 5.69 Å². The highest BCUT2D eigenvalue weighted by atomic mass is 79.9. The molecule has 6 heteroatoms. The average molecular weight is 301 g/mol. The molecule has 0 aliphatic heterocycles. The molecule has 0 atom stereocenters. The van der Waals surface area contributed by atoms with Gasteiger partial charge in [-0.1, -0.05) is 15.9 Å². The summed E-state index contributed by atoms with van der Waals surface area (Å²) >= 11 is 8.11. The Morgan fingerprint density at radius 2 is 2.12 bits per heavy atom. The van der Waals surface area contributed by atoms with E-state index >= 15 is 0 Å². The monoisotopic (exact) mass is 300 g/mol. The Morgan fingerprint density at radius 3 is 2.75 bits per heavy atom. The van der Waals surface area contributed by atoms with Gasteiger partial charge in [0.1, 0.15) is 5.82 Å². The zero-order valence-corrected chi connectivity index (χ0v) is 10.3. The van der Waals surface area contributed by atoms with Crippen molar-refractivity contribution in [3.63, 3.8) is 0 Å². The summed E-state index contributed by atoms with van der Waals surface area (Å²) in [5.41, 5.74) is -0.0109. The fraction of sp³-hybridized carbons (Fsp3) is 0. The minimum absolute atomic E-state index is 0.161. The largest absolute Gasteiger partial charge is 0.299 e. The summed E-state index contributed by atoms with van der Waals surface area (Å²) in [5.74, 6) is -0.419. The lowest BCUT2D eigenvalue weighted by Crippen LogP contribution is -2.10.